The van der Waals surface area contributed by atoms with Crippen LogP contribution in [-0.2, 0) is 9.59 Å². The van der Waals surface area contributed by atoms with Crippen LogP contribution in [0.15, 0.2) is 18.2 Å². The lowest BCUT2D eigenvalue weighted by molar-refractivity contribution is -0.148. The molecule has 0 unspecified atom stereocenters. The Morgan fingerprint density at radius 3 is 2.55 bits per heavy atom. The summed E-state index contributed by atoms with van der Waals surface area (Å²) in [6.07, 6.45) is -3.09. The van der Waals surface area contributed by atoms with Crippen molar-refractivity contribution in [3.05, 3.63) is 24.0 Å². The molecule has 0 bridgehead atoms. The molecular weight excluding hydrogens is 303 g/mol. The Hall–Kier alpha value is -2.25. The van der Waals surface area contributed by atoms with Crippen molar-refractivity contribution in [1.29, 1.82) is 0 Å². The normalized spacial score (nSPS) is 11.4. The molecule has 1 aromatic carbocycles. The molecule has 1 aromatic rings. The van der Waals surface area contributed by atoms with Gasteiger partial charge in [-0.1, -0.05) is 0 Å². The van der Waals surface area contributed by atoms with E-state index in [0.717, 1.165) is 18.2 Å². The molecule has 0 spiro atoms. The molecule has 22 heavy (non-hydrogen) atoms. The van der Waals surface area contributed by atoms with Gasteiger partial charge in [0.25, 0.3) is 6.43 Å². The predicted molar refractivity (Wildman–Crippen MR) is 72.6 cm³/mol. The number of benzene rings is 1. The lowest BCUT2D eigenvalue weighted by Crippen LogP contribution is -2.29. The Balaban J connectivity index is 2.84. The van der Waals surface area contributed by atoms with Crippen LogP contribution in [0.5, 0.6) is 5.75 Å². The van der Waals surface area contributed by atoms with Crippen molar-refractivity contribution < 1.29 is 32.6 Å². The maximum atomic E-state index is 13.1. The van der Waals surface area contributed by atoms with Gasteiger partial charge in [0, 0.05) is 12.5 Å². The standard InChI is InChI=1S/C14H16F3NO4/c1-14(2,13(20)21)6-12(19)18-9-4-3-8(15)5-10(9)22-7-11(16)17/h3-5,11H,6-7H2,1-2H3,(H,18,19)(H,20,21). The first-order chi connectivity index (χ1) is 10.1. The van der Waals surface area contributed by atoms with Gasteiger partial charge in [0.15, 0.2) is 0 Å². The predicted octanol–water partition coefficient (Wildman–Crippen LogP) is 2.91. The van der Waals surface area contributed by atoms with Gasteiger partial charge in [-0.15, -0.1) is 0 Å². The number of hydrogen-bond donors (Lipinski definition) is 2. The van der Waals surface area contributed by atoms with Crippen LogP contribution in [0, 0.1) is 11.2 Å². The topological polar surface area (TPSA) is 75.6 Å². The van der Waals surface area contributed by atoms with Gasteiger partial charge in [-0.2, -0.15) is 0 Å². The Kier molecular flexibility index (Phi) is 5.78. The Morgan fingerprint density at radius 1 is 1.36 bits per heavy atom. The van der Waals surface area contributed by atoms with Crippen molar-refractivity contribution in [2.75, 3.05) is 11.9 Å². The monoisotopic (exact) mass is 319 g/mol. The molecule has 5 nitrogen and oxygen atoms in total. The van der Waals surface area contributed by atoms with Crippen LogP contribution >= 0.6 is 0 Å². The van der Waals surface area contributed by atoms with Crippen molar-refractivity contribution in [3.63, 3.8) is 0 Å². The number of nitrogens with one attached hydrogen (secondary N) is 1. The highest BCUT2D eigenvalue weighted by Gasteiger charge is 2.30. The molecule has 2 N–H and O–H groups in total. The van der Waals surface area contributed by atoms with Crippen molar-refractivity contribution in [1.82, 2.24) is 0 Å². The summed E-state index contributed by atoms with van der Waals surface area (Å²) in [5.74, 6) is -2.77. The first-order valence-electron chi connectivity index (χ1n) is 6.35. The van der Waals surface area contributed by atoms with Crippen LogP contribution < -0.4 is 10.1 Å². The summed E-state index contributed by atoms with van der Waals surface area (Å²) < 4.78 is 42.2. The van der Waals surface area contributed by atoms with E-state index >= 15 is 0 Å². The minimum absolute atomic E-state index is 0.00626. The van der Waals surface area contributed by atoms with Crippen LogP contribution in [0.3, 0.4) is 0 Å². The number of carboxylic acids is 1. The Bertz CT molecular complexity index is 561. The number of halogens is 3. The molecule has 0 saturated heterocycles. The van der Waals surface area contributed by atoms with E-state index in [0.29, 0.717) is 0 Å². The third kappa shape index (κ3) is 5.27. The molecule has 1 amide bonds. The molecule has 1 rings (SSSR count). The van der Waals surface area contributed by atoms with Gasteiger partial charge in [0.2, 0.25) is 5.91 Å². The second kappa shape index (κ2) is 7.15. The van der Waals surface area contributed by atoms with Crippen LogP contribution in [0.25, 0.3) is 0 Å². The lowest BCUT2D eigenvalue weighted by atomic mass is 9.89. The number of carbonyl (C=O) groups is 2. The van der Waals surface area contributed by atoms with Crippen molar-refractivity contribution >= 4 is 17.6 Å². The minimum atomic E-state index is -2.75. The number of ether oxygens (including phenoxy) is 1. The van der Waals surface area contributed by atoms with Crippen LogP contribution in [0.1, 0.15) is 20.3 Å². The molecule has 0 saturated carbocycles. The number of anilines is 1. The van der Waals surface area contributed by atoms with Crippen molar-refractivity contribution in [2.45, 2.75) is 26.7 Å². The summed E-state index contributed by atoms with van der Waals surface area (Å²) in [6.45, 7) is 1.79. The summed E-state index contributed by atoms with van der Waals surface area (Å²) in [7, 11) is 0. The number of carbonyl (C=O) groups excluding carboxylic acids is 1. The molecular formula is C14H16F3NO4. The number of alkyl halides is 2. The molecule has 0 aliphatic carbocycles. The fourth-order valence-electron chi connectivity index (χ4n) is 1.54. The van der Waals surface area contributed by atoms with E-state index in [-0.39, 0.29) is 17.9 Å². The van der Waals surface area contributed by atoms with E-state index < -0.39 is 36.1 Å². The summed E-state index contributed by atoms with van der Waals surface area (Å²) in [5, 5.41) is 11.3. The molecule has 0 atom stereocenters. The van der Waals surface area contributed by atoms with E-state index in [1.165, 1.54) is 13.8 Å². The van der Waals surface area contributed by atoms with Crippen LogP contribution in [0.4, 0.5) is 18.9 Å². The van der Waals surface area contributed by atoms with Crippen molar-refractivity contribution in [3.8, 4) is 5.75 Å². The van der Waals surface area contributed by atoms with Crippen LogP contribution in [0.2, 0.25) is 0 Å². The lowest BCUT2D eigenvalue weighted by Gasteiger charge is -2.19. The molecule has 0 aromatic heterocycles. The minimum Gasteiger partial charge on any atom is -0.485 e. The molecule has 0 heterocycles. The van der Waals surface area contributed by atoms with Gasteiger partial charge in [-0.3, -0.25) is 9.59 Å². The largest absolute Gasteiger partial charge is 0.485 e. The zero-order chi connectivity index (χ0) is 16.9. The second-order valence-electron chi connectivity index (χ2n) is 5.26. The first-order valence-corrected chi connectivity index (χ1v) is 6.35. The molecule has 122 valence electrons. The summed E-state index contributed by atoms with van der Waals surface area (Å²) in [4.78, 5) is 22.8. The number of aliphatic carboxylic acids is 1. The van der Waals surface area contributed by atoms with E-state index in [2.05, 4.69) is 5.32 Å². The fraction of sp³-hybridized carbons (Fsp3) is 0.429. The average Bonchev–Trinajstić information content (AvgIpc) is 2.38. The number of rotatable bonds is 7. The average molecular weight is 319 g/mol. The van der Waals surface area contributed by atoms with E-state index in [1.807, 2.05) is 0 Å². The smallest absolute Gasteiger partial charge is 0.309 e. The highest BCUT2D eigenvalue weighted by Crippen LogP contribution is 2.28. The van der Waals surface area contributed by atoms with Gasteiger partial charge in [0.05, 0.1) is 11.1 Å². The highest BCUT2D eigenvalue weighted by molar-refractivity contribution is 5.95. The van der Waals surface area contributed by atoms with Gasteiger partial charge in [-0.25, -0.2) is 13.2 Å². The molecule has 0 fully saturated rings. The van der Waals surface area contributed by atoms with E-state index in [4.69, 9.17) is 9.84 Å². The third-order valence-corrected chi connectivity index (χ3v) is 2.76. The number of amides is 1. The number of carboxylic acid groups (broad SMARTS) is 1. The molecule has 8 heteroatoms. The maximum absolute atomic E-state index is 13.1. The summed E-state index contributed by atoms with van der Waals surface area (Å²) in [6, 6.07) is 3.04. The molecule has 0 radical (unpaired) electrons. The zero-order valence-corrected chi connectivity index (χ0v) is 12.0. The first kappa shape index (κ1) is 17.8. The van der Waals surface area contributed by atoms with Gasteiger partial charge in [-0.05, 0) is 26.0 Å². The summed E-state index contributed by atoms with van der Waals surface area (Å²) in [5.41, 5.74) is -1.30. The Labute approximate surface area is 125 Å². The molecule has 0 aliphatic rings. The third-order valence-electron chi connectivity index (χ3n) is 2.76. The Morgan fingerprint density at radius 2 is 2.00 bits per heavy atom. The highest BCUT2D eigenvalue weighted by atomic mass is 19.3. The van der Waals surface area contributed by atoms with E-state index in [1.54, 1.807) is 0 Å². The summed E-state index contributed by atoms with van der Waals surface area (Å²) >= 11 is 0. The number of hydrogen-bond acceptors (Lipinski definition) is 3. The maximum Gasteiger partial charge on any atom is 0.309 e. The zero-order valence-electron chi connectivity index (χ0n) is 12.0. The van der Waals surface area contributed by atoms with Gasteiger partial charge in [0.1, 0.15) is 18.2 Å². The fourth-order valence-corrected chi connectivity index (χ4v) is 1.54. The van der Waals surface area contributed by atoms with Crippen LogP contribution in [-0.4, -0.2) is 30.0 Å². The van der Waals surface area contributed by atoms with Crippen molar-refractivity contribution in [2.24, 2.45) is 5.41 Å². The second-order valence-corrected chi connectivity index (χ2v) is 5.26. The molecule has 0 aliphatic heterocycles. The van der Waals surface area contributed by atoms with E-state index in [9.17, 15) is 22.8 Å². The van der Waals surface area contributed by atoms with Gasteiger partial charge >= 0.3 is 5.97 Å². The SMILES string of the molecule is CC(C)(CC(=O)Nc1ccc(F)cc1OCC(F)F)C(=O)O. The quantitative estimate of drug-likeness (QED) is 0.810. The van der Waals surface area contributed by atoms with Gasteiger partial charge < -0.3 is 15.2 Å².